The van der Waals surface area contributed by atoms with Gasteiger partial charge in [0.05, 0.1) is 0 Å². The molecule has 534 valence electrons. The Morgan fingerprint density at radius 2 is 0.411 bits per heavy atom. The van der Waals surface area contributed by atoms with Gasteiger partial charge in [-0.05, 0) is 219 Å². The molecule has 0 unspecified atom stereocenters. The molecule has 0 aromatic rings. The number of nitrogens with zero attached hydrogens (tertiary/aromatic N) is 3. The van der Waals surface area contributed by atoms with Gasteiger partial charge in [0.2, 0.25) is 0 Å². The first kappa shape index (κ1) is 88.8. The molecule has 0 bridgehead atoms. The summed E-state index contributed by atoms with van der Waals surface area (Å²) in [4.78, 5) is 8.75. The minimum Gasteiger partial charge on any atom is -0.330 e. The molecule has 0 heterocycles. The van der Waals surface area contributed by atoms with Crippen LogP contribution in [0.25, 0.3) is 0 Å². The van der Waals surface area contributed by atoms with Gasteiger partial charge < -0.3 is 15.5 Å². The van der Waals surface area contributed by atoms with Crippen molar-refractivity contribution in [2.75, 3.05) is 58.9 Å². The van der Waals surface area contributed by atoms with Crippen molar-refractivity contribution in [2.45, 2.75) is 440 Å². The Hall–Kier alpha value is -1.20. The van der Waals surface area contributed by atoms with Gasteiger partial charge in [-0.15, -0.1) is 0 Å². The maximum Gasteiger partial charge on any atom is 0.0216 e. The van der Waals surface area contributed by atoms with Gasteiger partial charge in [0.25, 0.3) is 0 Å². The zero-order valence-corrected chi connectivity index (χ0v) is 63.6. The van der Waals surface area contributed by atoms with Crippen molar-refractivity contribution < 1.29 is 0 Å². The maximum atomic E-state index is 6.13. The van der Waals surface area contributed by atoms with Crippen LogP contribution >= 0.6 is 0 Å². The number of allylic oxidation sites excluding steroid dienone is 8. The van der Waals surface area contributed by atoms with Crippen LogP contribution in [-0.2, 0) is 0 Å². The van der Waals surface area contributed by atoms with Crippen molar-refractivity contribution in [1.82, 2.24) is 14.7 Å². The van der Waals surface area contributed by atoms with E-state index in [0.29, 0.717) is 0 Å². The van der Waals surface area contributed by atoms with Crippen LogP contribution in [0.4, 0.5) is 0 Å². The molecule has 2 N–H and O–H groups in total. The minimum absolute atomic E-state index is 0.126. The molecule has 90 heavy (non-hydrogen) atoms. The van der Waals surface area contributed by atoms with Crippen molar-refractivity contribution >= 4 is 0 Å². The molecular formula is C86H170N4. The predicted molar refractivity (Wildman–Crippen MR) is 413 cm³/mol. The summed E-state index contributed by atoms with van der Waals surface area (Å²) in [5, 5.41) is 0. The average Bonchev–Trinajstić information content (AvgIpc) is 1.35. The van der Waals surface area contributed by atoms with Gasteiger partial charge in [-0.3, -0.25) is 4.90 Å². The molecule has 0 amide bonds. The molecule has 0 radical (unpaired) electrons. The second-order valence-electron chi connectivity index (χ2n) is 30.1. The molecule has 0 aromatic heterocycles. The first-order chi connectivity index (χ1) is 44.2. The molecule has 0 atom stereocenters. The fraction of sp³-hybridized carbons (Fsp3) is 0.907. The number of hydrogen-bond acceptors (Lipinski definition) is 4. The molecule has 0 aliphatic carbocycles. The van der Waals surface area contributed by atoms with Crippen LogP contribution in [0.2, 0.25) is 0 Å². The monoisotopic (exact) mass is 1260 g/mol. The third kappa shape index (κ3) is 61.7. The average molecular weight is 1260 g/mol. The summed E-state index contributed by atoms with van der Waals surface area (Å²) in [6.45, 7) is 30.6. The fourth-order valence-electron chi connectivity index (χ4n) is 13.7. The Bertz CT molecular complexity index is 1430. The molecule has 0 rings (SSSR count). The largest absolute Gasteiger partial charge is 0.330 e. The Balaban J connectivity index is 5.61. The zero-order valence-electron chi connectivity index (χ0n) is 63.6. The molecule has 0 aromatic carbocycles. The van der Waals surface area contributed by atoms with Gasteiger partial charge in [0.15, 0.2) is 0 Å². The second kappa shape index (κ2) is 72.1. The lowest BCUT2D eigenvalue weighted by Gasteiger charge is -2.51. The van der Waals surface area contributed by atoms with Crippen LogP contribution in [0.1, 0.15) is 434 Å². The highest BCUT2D eigenvalue weighted by atomic mass is 15.2. The minimum atomic E-state index is 0.126. The summed E-state index contributed by atoms with van der Waals surface area (Å²) in [6, 6.07) is 0. The van der Waals surface area contributed by atoms with Crippen LogP contribution in [0.15, 0.2) is 48.6 Å². The third-order valence-corrected chi connectivity index (χ3v) is 20.8. The summed E-state index contributed by atoms with van der Waals surface area (Å²) >= 11 is 0. The predicted octanol–water partition coefficient (Wildman–Crippen LogP) is 28.0. The number of hydrogen-bond donors (Lipinski definition) is 1. The highest BCUT2D eigenvalue weighted by Gasteiger charge is 2.42. The van der Waals surface area contributed by atoms with Crippen molar-refractivity contribution in [3.05, 3.63) is 48.6 Å². The van der Waals surface area contributed by atoms with Gasteiger partial charge in [-0.1, -0.05) is 321 Å². The van der Waals surface area contributed by atoms with E-state index in [1.54, 1.807) is 0 Å². The van der Waals surface area contributed by atoms with E-state index in [4.69, 9.17) is 5.73 Å². The number of nitrogens with two attached hydrogens (primary N) is 1. The maximum absolute atomic E-state index is 6.13. The van der Waals surface area contributed by atoms with Crippen LogP contribution in [0, 0.1) is 5.41 Å². The lowest BCUT2D eigenvalue weighted by molar-refractivity contribution is -0.0138. The Kier molecular flexibility index (Phi) is 71.1. The molecule has 0 saturated heterocycles. The standard InChI is InChI=1S/C86H170N4/c1-9-13-17-21-25-29-33-37-41-45-49-53-57-61-65-69-77-88(81-75-76-87)78-73-74-80-89(79-70-66-62-58-54-50-46-42-38-34-30-26-22-18-14-10-2)84-85(5,6)86(7,8)90(82-71-67-63-59-55-51-47-43-39-35-31-27-23-19-15-11-3)83-72-68-64-60-56-52-48-44-40-36-32-28-24-20-16-12-4/h37-44H,9-36,45-84,87H2,1-8H3/b41-37-,42-38-,43-39-,44-40-. The highest BCUT2D eigenvalue weighted by molar-refractivity contribution is 4.97. The zero-order chi connectivity index (χ0) is 65.5. The smallest absolute Gasteiger partial charge is 0.0216 e. The van der Waals surface area contributed by atoms with Gasteiger partial charge in [0, 0.05) is 12.1 Å². The quantitative estimate of drug-likeness (QED) is 0.0486. The van der Waals surface area contributed by atoms with E-state index in [1.165, 1.54) is 425 Å². The van der Waals surface area contributed by atoms with Crippen molar-refractivity contribution in [2.24, 2.45) is 11.1 Å². The van der Waals surface area contributed by atoms with Crippen LogP contribution in [0.3, 0.4) is 0 Å². The normalized spacial score (nSPS) is 12.8. The molecule has 0 fully saturated rings. The summed E-state index contributed by atoms with van der Waals surface area (Å²) < 4.78 is 0. The number of unbranched alkanes of at least 4 members (excludes halogenated alkanes) is 49. The summed E-state index contributed by atoms with van der Waals surface area (Å²) in [5.41, 5.74) is 6.44. The van der Waals surface area contributed by atoms with Crippen molar-refractivity contribution in [3.63, 3.8) is 0 Å². The third-order valence-electron chi connectivity index (χ3n) is 20.8. The Morgan fingerprint density at radius 1 is 0.222 bits per heavy atom. The van der Waals surface area contributed by atoms with Crippen molar-refractivity contribution in [1.29, 1.82) is 0 Å². The van der Waals surface area contributed by atoms with E-state index in [9.17, 15) is 0 Å². The highest BCUT2D eigenvalue weighted by Crippen LogP contribution is 2.38. The Morgan fingerprint density at radius 3 is 0.656 bits per heavy atom. The topological polar surface area (TPSA) is 35.7 Å². The van der Waals surface area contributed by atoms with Gasteiger partial charge in [0.1, 0.15) is 0 Å². The SMILES string of the molecule is CCCCCCCC/C=C\CCCCCCCCN(CCCN)CCCCN(CCCCCCCC/C=C\CCCCCCCC)CC(C)(C)C(C)(C)N(CCCCCCCC/C=C\CCCCCCCC)CCCCCCCC/C=C\CCCCCCCC. The molecule has 0 aliphatic rings. The van der Waals surface area contributed by atoms with E-state index >= 15 is 0 Å². The van der Waals surface area contributed by atoms with E-state index in [1.807, 2.05) is 0 Å². The summed E-state index contributed by atoms with van der Waals surface area (Å²) in [5.74, 6) is 0. The fourth-order valence-corrected chi connectivity index (χ4v) is 13.7. The summed E-state index contributed by atoms with van der Waals surface area (Å²) in [7, 11) is 0. The Labute approximate surface area is 570 Å². The van der Waals surface area contributed by atoms with Crippen LogP contribution in [0.5, 0.6) is 0 Å². The first-order valence-electron chi connectivity index (χ1n) is 41.7. The second-order valence-corrected chi connectivity index (χ2v) is 30.1. The van der Waals surface area contributed by atoms with E-state index in [0.717, 1.165) is 13.0 Å². The molecule has 0 aliphatic heterocycles. The molecule has 4 nitrogen and oxygen atoms in total. The van der Waals surface area contributed by atoms with Gasteiger partial charge >= 0.3 is 0 Å². The van der Waals surface area contributed by atoms with E-state index in [2.05, 4.69) is 119 Å². The van der Waals surface area contributed by atoms with Gasteiger partial charge in [-0.2, -0.15) is 0 Å². The lowest BCUT2D eigenvalue weighted by atomic mass is 9.72. The van der Waals surface area contributed by atoms with Gasteiger partial charge in [-0.25, -0.2) is 0 Å². The molecule has 4 heteroatoms. The van der Waals surface area contributed by atoms with Crippen molar-refractivity contribution in [3.8, 4) is 0 Å². The molecule has 0 saturated carbocycles. The van der Waals surface area contributed by atoms with Crippen LogP contribution in [-0.4, -0.2) is 79.1 Å². The molecular weight excluding hydrogens is 1090 g/mol. The lowest BCUT2D eigenvalue weighted by Crippen LogP contribution is -2.58. The van der Waals surface area contributed by atoms with E-state index in [-0.39, 0.29) is 11.0 Å². The van der Waals surface area contributed by atoms with E-state index < -0.39 is 0 Å². The first-order valence-corrected chi connectivity index (χ1v) is 41.7. The van der Waals surface area contributed by atoms with Crippen LogP contribution < -0.4 is 5.73 Å². The summed E-state index contributed by atoms with van der Waals surface area (Å²) in [6.07, 6.45) is 101. The number of rotatable bonds is 76. The molecule has 0 spiro atoms.